The van der Waals surface area contributed by atoms with Gasteiger partial charge in [-0.3, -0.25) is 9.69 Å². The minimum Gasteiger partial charge on any atom is -0.477 e. The summed E-state index contributed by atoms with van der Waals surface area (Å²) < 4.78 is 5.80. The Kier molecular flexibility index (Phi) is 7.61. The quantitative estimate of drug-likeness (QED) is 0.501. The molecule has 1 aromatic rings. The third kappa shape index (κ3) is 6.56. The van der Waals surface area contributed by atoms with Crippen LogP contribution in [0.4, 0.5) is 0 Å². The van der Waals surface area contributed by atoms with Gasteiger partial charge in [-0.25, -0.2) is 9.98 Å². The molecular weight excluding hydrogens is 392 g/mol. The average Bonchev–Trinajstić information content (AvgIpc) is 3.46. The number of hydrogen-bond acceptors (Lipinski definition) is 5. The SMILES string of the molecule is CCNC(=NCc1ccnc(OCC2CC2)c1)N1CCN(CC(=O)N2CCCC2)CC1. The van der Waals surface area contributed by atoms with Crippen molar-refractivity contribution in [3.8, 4) is 5.88 Å². The zero-order valence-electron chi connectivity index (χ0n) is 18.8. The van der Waals surface area contributed by atoms with E-state index in [0.717, 1.165) is 76.8 Å². The van der Waals surface area contributed by atoms with Gasteiger partial charge in [0.2, 0.25) is 11.8 Å². The molecule has 3 aliphatic rings. The van der Waals surface area contributed by atoms with Gasteiger partial charge < -0.3 is 19.9 Å². The molecule has 0 bridgehead atoms. The van der Waals surface area contributed by atoms with Crippen LogP contribution in [0, 0.1) is 5.92 Å². The predicted octanol–water partition coefficient (Wildman–Crippen LogP) is 1.58. The lowest BCUT2D eigenvalue weighted by atomic mass is 10.2. The van der Waals surface area contributed by atoms with E-state index in [9.17, 15) is 4.79 Å². The molecule has 0 aromatic carbocycles. The molecule has 4 rings (SSSR count). The Morgan fingerprint density at radius 2 is 1.94 bits per heavy atom. The Morgan fingerprint density at radius 3 is 2.65 bits per heavy atom. The molecule has 3 heterocycles. The van der Waals surface area contributed by atoms with Gasteiger partial charge in [0, 0.05) is 58.1 Å². The van der Waals surface area contributed by atoms with E-state index in [1.807, 2.05) is 17.0 Å². The topological polar surface area (TPSA) is 73.3 Å². The summed E-state index contributed by atoms with van der Waals surface area (Å²) in [6.45, 7) is 10.2. The van der Waals surface area contributed by atoms with E-state index in [-0.39, 0.29) is 5.91 Å². The van der Waals surface area contributed by atoms with E-state index in [1.54, 1.807) is 6.20 Å². The van der Waals surface area contributed by atoms with Gasteiger partial charge in [0.25, 0.3) is 0 Å². The van der Waals surface area contributed by atoms with Crippen LogP contribution in [0.25, 0.3) is 0 Å². The molecule has 0 unspecified atom stereocenters. The lowest BCUT2D eigenvalue weighted by molar-refractivity contribution is -0.131. The average molecular weight is 429 g/mol. The molecule has 1 amide bonds. The summed E-state index contributed by atoms with van der Waals surface area (Å²) in [5.41, 5.74) is 1.10. The lowest BCUT2D eigenvalue weighted by Crippen LogP contribution is -2.54. The fourth-order valence-corrected chi connectivity index (χ4v) is 4.08. The molecule has 2 aliphatic heterocycles. The van der Waals surface area contributed by atoms with Crippen molar-refractivity contribution in [2.24, 2.45) is 10.9 Å². The number of amides is 1. The summed E-state index contributed by atoms with van der Waals surface area (Å²) >= 11 is 0. The highest BCUT2D eigenvalue weighted by Gasteiger charge is 2.25. The number of nitrogens with one attached hydrogen (secondary N) is 1. The summed E-state index contributed by atoms with van der Waals surface area (Å²) in [5.74, 6) is 2.63. The van der Waals surface area contributed by atoms with Crippen LogP contribution in [0.1, 0.15) is 38.2 Å². The number of rotatable bonds is 8. The Bertz CT molecular complexity index is 752. The van der Waals surface area contributed by atoms with Crippen molar-refractivity contribution in [2.45, 2.75) is 39.2 Å². The minimum atomic E-state index is 0.281. The molecule has 2 saturated heterocycles. The first kappa shape index (κ1) is 21.9. The zero-order valence-corrected chi connectivity index (χ0v) is 18.8. The Morgan fingerprint density at radius 1 is 1.16 bits per heavy atom. The van der Waals surface area contributed by atoms with Gasteiger partial charge in [0.15, 0.2) is 5.96 Å². The second kappa shape index (κ2) is 10.8. The van der Waals surface area contributed by atoms with Crippen LogP contribution in [0.3, 0.4) is 0 Å². The number of nitrogens with zero attached hydrogens (tertiary/aromatic N) is 5. The number of hydrogen-bond donors (Lipinski definition) is 1. The number of likely N-dealkylation sites (tertiary alicyclic amines) is 1. The highest BCUT2D eigenvalue weighted by atomic mass is 16.5. The van der Waals surface area contributed by atoms with Crippen molar-refractivity contribution in [1.29, 1.82) is 0 Å². The monoisotopic (exact) mass is 428 g/mol. The molecule has 1 N–H and O–H groups in total. The first-order valence-electron chi connectivity index (χ1n) is 11.8. The van der Waals surface area contributed by atoms with Crippen molar-refractivity contribution >= 4 is 11.9 Å². The largest absolute Gasteiger partial charge is 0.477 e. The van der Waals surface area contributed by atoms with Crippen molar-refractivity contribution in [3.05, 3.63) is 23.9 Å². The van der Waals surface area contributed by atoms with E-state index < -0.39 is 0 Å². The second-order valence-corrected chi connectivity index (χ2v) is 8.78. The number of ether oxygens (including phenoxy) is 1. The molecule has 31 heavy (non-hydrogen) atoms. The van der Waals surface area contributed by atoms with Crippen LogP contribution in [0.2, 0.25) is 0 Å². The highest BCUT2D eigenvalue weighted by Crippen LogP contribution is 2.29. The molecule has 1 aliphatic carbocycles. The molecule has 0 spiro atoms. The van der Waals surface area contributed by atoms with Crippen LogP contribution >= 0.6 is 0 Å². The maximum absolute atomic E-state index is 12.4. The lowest BCUT2D eigenvalue weighted by Gasteiger charge is -2.36. The molecule has 1 saturated carbocycles. The van der Waals surface area contributed by atoms with Crippen molar-refractivity contribution in [3.63, 3.8) is 0 Å². The van der Waals surface area contributed by atoms with Crippen molar-refractivity contribution in [1.82, 2.24) is 25.0 Å². The molecule has 3 fully saturated rings. The van der Waals surface area contributed by atoms with Gasteiger partial charge in [0.05, 0.1) is 19.7 Å². The number of aliphatic imine (C=N–C) groups is 1. The first-order chi connectivity index (χ1) is 15.2. The molecule has 8 heteroatoms. The van der Waals surface area contributed by atoms with Gasteiger partial charge in [-0.15, -0.1) is 0 Å². The number of piperazine rings is 1. The van der Waals surface area contributed by atoms with Gasteiger partial charge >= 0.3 is 0 Å². The Balaban J connectivity index is 1.27. The molecule has 0 atom stereocenters. The Hall–Kier alpha value is -2.35. The maximum Gasteiger partial charge on any atom is 0.236 e. The maximum atomic E-state index is 12.4. The van der Waals surface area contributed by atoms with E-state index in [4.69, 9.17) is 9.73 Å². The summed E-state index contributed by atoms with van der Waals surface area (Å²) in [7, 11) is 0. The van der Waals surface area contributed by atoms with Gasteiger partial charge in [-0.05, 0) is 50.2 Å². The summed E-state index contributed by atoms with van der Waals surface area (Å²) in [6.07, 6.45) is 6.64. The number of guanidine groups is 1. The minimum absolute atomic E-state index is 0.281. The van der Waals surface area contributed by atoms with Gasteiger partial charge in [-0.1, -0.05) is 0 Å². The molecule has 8 nitrogen and oxygen atoms in total. The third-order valence-corrected chi connectivity index (χ3v) is 6.20. The van der Waals surface area contributed by atoms with Gasteiger partial charge in [0.1, 0.15) is 0 Å². The second-order valence-electron chi connectivity index (χ2n) is 8.78. The first-order valence-corrected chi connectivity index (χ1v) is 11.8. The number of pyridine rings is 1. The standard InChI is InChI=1S/C23H36N6O2/c1-2-24-23(26-16-20-7-8-25-21(15-20)31-18-19-5-6-19)29-13-11-27(12-14-29)17-22(30)28-9-3-4-10-28/h7-8,15,19H,2-6,9-14,16-18H2,1H3,(H,24,26). The number of carbonyl (C=O) groups excluding carboxylic acids is 1. The smallest absolute Gasteiger partial charge is 0.236 e. The van der Waals surface area contributed by atoms with Crippen molar-refractivity contribution in [2.75, 3.05) is 59.0 Å². The summed E-state index contributed by atoms with van der Waals surface area (Å²) in [6, 6.07) is 4.00. The van der Waals surface area contributed by atoms with E-state index in [1.165, 1.54) is 12.8 Å². The van der Waals surface area contributed by atoms with Crippen molar-refractivity contribution < 1.29 is 9.53 Å². The third-order valence-electron chi connectivity index (χ3n) is 6.20. The highest BCUT2D eigenvalue weighted by molar-refractivity contribution is 5.80. The summed E-state index contributed by atoms with van der Waals surface area (Å²) in [5, 5.41) is 3.42. The van der Waals surface area contributed by atoms with E-state index >= 15 is 0 Å². The normalized spacial score (nSPS) is 20.2. The van der Waals surface area contributed by atoms with Gasteiger partial charge in [-0.2, -0.15) is 0 Å². The van der Waals surface area contributed by atoms with Crippen LogP contribution in [0.15, 0.2) is 23.3 Å². The molecule has 1 aromatic heterocycles. The van der Waals surface area contributed by atoms with E-state index in [2.05, 4.69) is 27.0 Å². The van der Waals surface area contributed by atoms with E-state index in [0.29, 0.717) is 24.9 Å². The fourth-order valence-electron chi connectivity index (χ4n) is 4.08. The fraction of sp³-hybridized carbons (Fsp3) is 0.696. The number of carbonyl (C=O) groups is 1. The van der Waals surface area contributed by atoms with Crippen LogP contribution in [-0.4, -0.2) is 90.5 Å². The van der Waals surface area contributed by atoms with Crippen LogP contribution < -0.4 is 10.1 Å². The van der Waals surface area contributed by atoms with Crippen LogP contribution in [0.5, 0.6) is 5.88 Å². The Labute approximate surface area is 185 Å². The van der Waals surface area contributed by atoms with Crippen LogP contribution in [-0.2, 0) is 11.3 Å². The predicted molar refractivity (Wildman–Crippen MR) is 121 cm³/mol. The summed E-state index contributed by atoms with van der Waals surface area (Å²) in [4.78, 5) is 28.2. The number of aromatic nitrogens is 1. The molecule has 170 valence electrons. The molecule has 0 radical (unpaired) electrons. The zero-order chi connectivity index (χ0) is 21.5. The molecular formula is C23H36N6O2.